The van der Waals surface area contributed by atoms with Crippen molar-refractivity contribution >= 4 is 0 Å². The van der Waals surface area contributed by atoms with Gasteiger partial charge in [-0.15, -0.1) is 0 Å². The summed E-state index contributed by atoms with van der Waals surface area (Å²) >= 11 is 0. The minimum Gasteiger partial charge on any atom is -0.382 e. The molecule has 3 nitrogen and oxygen atoms in total. The van der Waals surface area contributed by atoms with Crippen LogP contribution >= 0.6 is 0 Å². The zero-order chi connectivity index (χ0) is 7.11. The maximum atomic E-state index is 5.03. The molecule has 0 rings (SSSR count). The van der Waals surface area contributed by atoms with Crippen molar-refractivity contribution in [3.05, 3.63) is 0 Å². The van der Waals surface area contributed by atoms with Gasteiger partial charge in [0, 0.05) is 13.7 Å². The van der Waals surface area contributed by atoms with E-state index in [2.05, 4.69) is 17.8 Å². The average molecular weight is 132 g/mol. The maximum absolute atomic E-state index is 5.03. The van der Waals surface area contributed by atoms with Gasteiger partial charge >= 0.3 is 0 Å². The van der Waals surface area contributed by atoms with E-state index in [1.54, 1.807) is 7.11 Å². The van der Waals surface area contributed by atoms with Crippen molar-refractivity contribution in [2.45, 2.75) is 19.4 Å². The van der Waals surface area contributed by atoms with E-state index in [1.807, 2.05) is 7.05 Å². The highest BCUT2D eigenvalue weighted by Crippen LogP contribution is 1.91. The van der Waals surface area contributed by atoms with Crippen LogP contribution in [0.5, 0.6) is 0 Å². The van der Waals surface area contributed by atoms with Crippen molar-refractivity contribution < 1.29 is 4.74 Å². The largest absolute Gasteiger partial charge is 0.382 e. The molecule has 0 aliphatic heterocycles. The third-order valence-corrected chi connectivity index (χ3v) is 1.26. The minimum absolute atomic E-state index is 0.353. The molecular weight excluding hydrogens is 116 g/mol. The highest BCUT2D eigenvalue weighted by atomic mass is 16.5. The predicted octanol–water partition coefficient (Wildman–Crippen LogP) is 0.135. The summed E-state index contributed by atoms with van der Waals surface area (Å²) in [6.45, 7) is 3.00. The van der Waals surface area contributed by atoms with Crippen molar-refractivity contribution in [1.29, 1.82) is 0 Å². The normalized spacial score (nSPS) is 13.7. The molecule has 0 radical (unpaired) electrons. The fraction of sp³-hybridized carbons (Fsp3) is 1.00. The molecule has 0 aromatic heterocycles. The van der Waals surface area contributed by atoms with Gasteiger partial charge in [-0.25, -0.2) is 0 Å². The van der Waals surface area contributed by atoms with Crippen LogP contribution < -0.4 is 10.9 Å². The number of hydrogen-bond acceptors (Lipinski definition) is 3. The van der Waals surface area contributed by atoms with E-state index in [4.69, 9.17) is 4.74 Å². The van der Waals surface area contributed by atoms with Crippen molar-refractivity contribution in [3.63, 3.8) is 0 Å². The molecule has 1 atom stereocenters. The van der Waals surface area contributed by atoms with Gasteiger partial charge in [-0.3, -0.25) is 10.9 Å². The second-order valence-corrected chi connectivity index (χ2v) is 2.01. The van der Waals surface area contributed by atoms with E-state index >= 15 is 0 Å². The van der Waals surface area contributed by atoms with E-state index in [-0.39, 0.29) is 0 Å². The lowest BCUT2D eigenvalue weighted by Gasteiger charge is -2.08. The van der Waals surface area contributed by atoms with Crippen LogP contribution in [0.4, 0.5) is 0 Å². The average Bonchev–Trinajstić information content (AvgIpc) is 1.89. The first-order chi connectivity index (χ1) is 4.31. The Hall–Kier alpha value is -0.120. The van der Waals surface area contributed by atoms with Gasteiger partial charge in [0.1, 0.15) is 0 Å². The molecule has 56 valence electrons. The first-order valence-electron chi connectivity index (χ1n) is 3.23. The summed E-state index contributed by atoms with van der Waals surface area (Å²) in [5, 5.41) is 0. The number of nitrogens with one attached hydrogen (secondary N) is 2. The van der Waals surface area contributed by atoms with E-state index in [0.717, 1.165) is 13.0 Å². The second kappa shape index (κ2) is 6.01. The molecule has 0 saturated carbocycles. The molecular formula is C6H16N2O. The number of hydrogen-bond donors (Lipinski definition) is 2. The molecule has 0 amide bonds. The van der Waals surface area contributed by atoms with Gasteiger partial charge in [0.2, 0.25) is 0 Å². The maximum Gasteiger partial charge on any atom is 0.0555 e. The molecule has 9 heavy (non-hydrogen) atoms. The summed E-state index contributed by atoms with van der Waals surface area (Å²) in [6, 6.07) is 0. The van der Waals surface area contributed by atoms with Crippen molar-refractivity contribution in [2.75, 3.05) is 20.7 Å². The molecule has 0 bridgehead atoms. The Balaban J connectivity index is 2.88. The Morgan fingerprint density at radius 3 is 2.67 bits per heavy atom. The minimum atomic E-state index is 0.353. The molecule has 0 saturated heterocycles. The molecule has 3 heteroatoms. The van der Waals surface area contributed by atoms with Gasteiger partial charge in [-0.1, -0.05) is 0 Å². The smallest absolute Gasteiger partial charge is 0.0555 e. The van der Waals surface area contributed by atoms with Gasteiger partial charge in [-0.2, -0.15) is 0 Å². The number of rotatable bonds is 5. The third kappa shape index (κ3) is 5.76. The van der Waals surface area contributed by atoms with E-state index in [9.17, 15) is 0 Å². The number of hydrazine groups is 1. The highest BCUT2D eigenvalue weighted by molar-refractivity contribution is 4.49. The standard InChI is InChI=1S/C6H16N2O/c1-6(9-3)4-5-8-7-2/h6-8H,4-5H2,1-3H3. The van der Waals surface area contributed by atoms with Crippen LogP contribution in [0.2, 0.25) is 0 Å². The molecule has 0 aliphatic carbocycles. The van der Waals surface area contributed by atoms with Crippen LogP contribution in [0.15, 0.2) is 0 Å². The Kier molecular flexibility index (Phi) is 5.93. The fourth-order valence-electron chi connectivity index (χ4n) is 0.518. The van der Waals surface area contributed by atoms with Crippen LogP contribution in [-0.2, 0) is 4.74 Å². The number of ether oxygens (including phenoxy) is 1. The lowest BCUT2D eigenvalue weighted by molar-refractivity contribution is 0.110. The Bertz CT molecular complexity index is 59.0. The van der Waals surface area contributed by atoms with Gasteiger partial charge in [0.15, 0.2) is 0 Å². The topological polar surface area (TPSA) is 33.3 Å². The quantitative estimate of drug-likeness (QED) is 0.412. The van der Waals surface area contributed by atoms with Gasteiger partial charge in [0.25, 0.3) is 0 Å². The van der Waals surface area contributed by atoms with Crippen LogP contribution in [0, 0.1) is 0 Å². The molecule has 0 aliphatic rings. The zero-order valence-electron chi connectivity index (χ0n) is 6.40. The first kappa shape index (κ1) is 8.88. The van der Waals surface area contributed by atoms with Gasteiger partial charge < -0.3 is 4.74 Å². The van der Waals surface area contributed by atoms with E-state index < -0.39 is 0 Å². The third-order valence-electron chi connectivity index (χ3n) is 1.26. The summed E-state index contributed by atoms with van der Waals surface area (Å²) in [6.07, 6.45) is 1.39. The molecule has 0 spiro atoms. The van der Waals surface area contributed by atoms with Gasteiger partial charge in [0.05, 0.1) is 6.10 Å². The van der Waals surface area contributed by atoms with E-state index in [1.165, 1.54) is 0 Å². The summed E-state index contributed by atoms with van der Waals surface area (Å²) in [5.41, 5.74) is 5.83. The summed E-state index contributed by atoms with van der Waals surface area (Å²) in [7, 11) is 3.58. The van der Waals surface area contributed by atoms with Gasteiger partial charge in [-0.05, 0) is 20.4 Å². The predicted molar refractivity (Wildman–Crippen MR) is 38.2 cm³/mol. The fourth-order valence-corrected chi connectivity index (χ4v) is 0.518. The van der Waals surface area contributed by atoms with Crippen LogP contribution in [0.1, 0.15) is 13.3 Å². The van der Waals surface area contributed by atoms with Crippen molar-refractivity contribution in [2.24, 2.45) is 0 Å². The molecule has 0 heterocycles. The van der Waals surface area contributed by atoms with Crippen LogP contribution in [0.25, 0.3) is 0 Å². The highest BCUT2D eigenvalue weighted by Gasteiger charge is 1.95. The monoisotopic (exact) mass is 132 g/mol. The summed E-state index contributed by atoms with van der Waals surface area (Å²) in [5.74, 6) is 0. The lowest BCUT2D eigenvalue weighted by Crippen LogP contribution is -2.30. The Morgan fingerprint density at radius 1 is 1.56 bits per heavy atom. The first-order valence-corrected chi connectivity index (χ1v) is 3.23. The zero-order valence-corrected chi connectivity index (χ0v) is 6.40. The summed E-state index contributed by atoms with van der Waals surface area (Å²) < 4.78 is 5.03. The van der Waals surface area contributed by atoms with Crippen LogP contribution in [-0.4, -0.2) is 26.8 Å². The molecule has 2 N–H and O–H groups in total. The van der Waals surface area contributed by atoms with E-state index in [0.29, 0.717) is 6.10 Å². The second-order valence-electron chi connectivity index (χ2n) is 2.01. The van der Waals surface area contributed by atoms with Crippen molar-refractivity contribution in [3.8, 4) is 0 Å². The molecule has 0 aromatic rings. The molecule has 1 unspecified atom stereocenters. The Labute approximate surface area is 56.7 Å². The molecule has 0 fully saturated rings. The number of methoxy groups -OCH3 is 1. The van der Waals surface area contributed by atoms with Crippen molar-refractivity contribution in [1.82, 2.24) is 10.9 Å². The Morgan fingerprint density at radius 2 is 2.22 bits per heavy atom. The lowest BCUT2D eigenvalue weighted by atomic mass is 10.3. The SMILES string of the molecule is CNNCCC(C)OC. The van der Waals surface area contributed by atoms with Crippen LogP contribution in [0.3, 0.4) is 0 Å². The molecule has 0 aromatic carbocycles. The summed E-state index contributed by atoms with van der Waals surface area (Å²) in [4.78, 5) is 0.